The lowest BCUT2D eigenvalue weighted by molar-refractivity contribution is 0.320. The highest BCUT2D eigenvalue weighted by Crippen LogP contribution is 2.24. The predicted molar refractivity (Wildman–Crippen MR) is 79.1 cm³/mol. The molecular formula is C13H18ClN3O2S. The van der Waals surface area contributed by atoms with Crippen molar-refractivity contribution in [1.29, 1.82) is 5.26 Å². The number of hydrogen-bond donors (Lipinski definition) is 1. The number of nitriles is 1. The first-order chi connectivity index (χ1) is 8.96. The Morgan fingerprint density at radius 2 is 1.95 bits per heavy atom. The van der Waals surface area contributed by atoms with Crippen molar-refractivity contribution < 1.29 is 8.42 Å². The third-order valence-electron chi connectivity index (χ3n) is 3.46. The number of nitrogens with zero attached hydrogens (tertiary/aromatic N) is 2. The van der Waals surface area contributed by atoms with E-state index in [1.165, 1.54) is 10.4 Å². The van der Waals surface area contributed by atoms with Gasteiger partial charge < -0.3 is 5.73 Å². The SMILES string of the molecule is Cc1cccc(S(=O)(=O)N2CCC(N)CC2)c1C#N.Cl. The van der Waals surface area contributed by atoms with Crippen LogP contribution in [0.1, 0.15) is 24.0 Å². The van der Waals surface area contributed by atoms with Crippen LogP contribution in [0.25, 0.3) is 0 Å². The molecule has 1 aromatic rings. The average molecular weight is 316 g/mol. The molecule has 5 nitrogen and oxygen atoms in total. The van der Waals surface area contributed by atoms with Crippen LogP contribution < -0.4 is 5.73 Å². The van der Waals surface area contributed by atoms with Gasteiger partial charge in [-0.3, -0.25) is 0 Å². The first-order valence-corrected chi connectivity index (χ1v) is 7.66. The number of halogens is 1. The normalized spacial score (nSPS) is 17.2. The second kappa shape index (κ2) is 6.55. The Balaban J connectivity index is 0.00000200. The van der Waals surface area contributed by atoms with Crippen molar-refractivity contribution in [3.8, 4) is 6.07 Å². The van der Waals surface area contributed by atoms with Crippen molar-refractivity contribution in [1.82, 2.24) is 4.31 Å². The van der Waals surface area contributed by atoms with Crippen molar-refractivity contribution in [2.45, 2.75) is 30.7 Å². The molecule has 110 valence electrons. The molecule has 1 saturated heterocycles. The van der Waals surface area contributed by atoms with E-state index in [-0.39, 0.29) is 28.9 Å². The van der Waals surface area contributed by atoms with Crippen LogP contribution >= 0.6 is 12.4 Å². The predicted octanol–water partition coefficient (Wildman–Crippen LogP) is 1.40. The minimum Gasteiger partial charge on any atom is -0.328 e. The van der Waals surface area contributed by atoms with Crippen LogP contribution in [-0.4, -0.2) is 31.9 Å². The molecule has 1 aliphatic rings. The molecule has 0 amide bonds. The summed E-state index contributed by atoms with van der Waals surface area (Å²) in [4.78, 5) is 0.102. The fourth-order valence-corrected chi connectivity index (χ4v) is 3.94. The highest BCUT2D eigenvalue weighted by Gasteiger charge is 2.30. The van der Waals surface area contributed by atoms with Crippen LogP contribution in [0.4, 0.5) is 0 Å². The number of sulfonamides is 1. The number of rotatable bonds is 2. The third-order valence-corrected chi connectivity index (χ3v) is 5.40. The van der Waals surface area contributed by atoms with Crippen molar-refractivity contribution >= 4 is 22.4 Å². The van der Waals surface area contributed by atoms with Gasteiger partial charge in [-0.1, -0.05) is 12.1 Å². The molecule has 0 aromatic heterocycles. The Morgan fingerprint density at radius 3 is 2.50 bits per heavy atom. The molecule has 0 atom stereocenters. The Hall–Kier alpha value is -1.13. The molecule has 1 aliphatic heterocycles. The molecule has 0 bridgehead atoms. The van der Waals surface area contributed by atoms with Crippen LogP contribution in [0.3, 0.4) is 0 Å². The van der Waals surface area contributed by atoms with Crippen LogP contribution in [0, 0.1) is 18.3 Å². The highest BCUT2D eigenvalue weighted by atomic mass is 35.5. The Bertz CT molecular complexity index is 617. The van der Waals surface area contributed by atoms with Crippen LogP contribution in [0.2, 0.25) is 0 Å². The summed E-state index contributed by atoms with van der Waals surface area (Å²) < 4.78 is 26.5. The monoisotopic (exact) mass is 315 g/mol. The van der Waals surface area contributed by atoms with Crippen molar-refractivity contribution in [3.05, 3.63) is 29.3 Å². The molecule has 0 spiro atoms. The molecule has 0 radical (unpaired) electrons. The van der Waals surface area contributed by atoms with E-state index >= 15 is 0 Å². The van der Waals surface area contributed by atoms with E-state index in [2.05, 4.69) is 0 Å². The fraction of sp³-hybridized carbons (Fsp3) is 0.462. The molecule has 2 rings (SSSR count). The molecule has 0 aliphatic carbocycles. The van der Waals surface area contributed by atoms with Gasteiger partial charge in [0.1, 0.15) is 11.0 Å². The molecule has 7 heteroatoms. The van der Waals surface area contributed by atoms with E-state index in [4.69, 9.17) is 11.0 Å². The lowest BCUT2D eigenvalue weighted by Gasteiger charge is -2.29. The summed E-state index contributed by atoms with van der Waals surface area (Å²) in [6.45, 7) is 2.58. The molecule has 0 unspecified atom stereocenters. The number of hydrogen-bond acceptors (Lipinski definition) is 4. The maximum absolute atomic E-state index is 12.6. The van der Waals surface area contributed by atoms with Gasteiger partial charge in [0.15, 0.2) is 0 Å². The van der Waals surface area contributed by atoms with E-state index in [1.54, 1.807) is 19.1 Å². The zero-order valence-electron chi connectivity index (χ0n) is 11.2. The minimum absolute atomic E-state index is 0. The number of aryl methyl sites for hydroxylation is 1. The molecule has 2 N–H and O–H groups in total. The second-order valence-corrected chi connectivity index (χ2v) is 6.71. The summed E-state index contributed by atoms with van der Waals surface area (Å²) in [5.41, 5.74) is 6.70. The summed E-state index contributed by atoms with van der Waals surface area (Å²) in [6.07, 6.45) is 1.32. The lowest BCUT2D eigenvalue weighted by atomic mass is 10.1. The topological polar surface area (TPSA) is 87.2 Å². The smallest absolute Gasteiger partial charge is 0.244 e. The van der Waals surface area contributed by atoms with Gasteiger partial charge in [0.25, 0.3) is 0 Å². The molecule has 1 heterocycles. The summed E-state index contributed by atoms with van der Waals surface area (Å²) >= 11 is 0. The minimum atomic E-state index is -3.60. The molecule has 1 fully saturated rings. The molecule has 0 saturated carbocycles. The third kappa shape index (κ3) is 3.13. The van der Waals surface area contributed by atoms with Crippen LogP contribution in [0.15, 0.2) is 23.1 Å². The van der Waals surface area contributed by atoms with Crippen LogP contribution in [0.5, 0.6) is 0 Å². The van der Waals surface area contributed by atoms with E-state index < -0.39 is 10.0 Å². The molecule has 1 aromatic carbocycles. The van der Waals surface area contributed by atoms with Gasteiger partial charge >= 0.3 is 0 Å². The zero-order chi connectivity index (χ0) is 14.0. The van der Waals surface area contributed by atoms with Gasteiger partial charge in [-0.15, -0.1) is 12.4 Å². The maximum Gasteiger partial charge on any atom is 0.244 e. The standard InChI is InChI=1S/C13H17N3O2S.ClH/c1-10-3-2-4-13(12(10)9-14)19(17,18)16-7-5-11(15)6-8-16;/h2-4,11H,5-8,15H2,1H3;1H. The quantitative estimate of drug-likeness (QED) is 0.893. The molecule has 20 heavy (non-hydrogen) atoms. The fourth-order valence-electron chi connectivity index (χ4n) is 2.25. The van der Waals surface area contributed by atoms with E-state index in [1.807, 2.05) is 6.07 Å². The van der Waals surface area contributed by atoms with Gasteiger partial charge in [-0.25, -0.2) is 8.42 Å². The van der Waals surface area contributed by atoms with E-state index in [0.717, 1.165) is 0 Å². The summed E-state index contributed by atoms with van der Waals surface area (Å²) in [5, 5.41) is 9.15. The molecular weight excluding hydrogens is 298 g/mol. The Morgan fingerprint density at radius 1 is 1.35 bits per heavy atom. The van der Waals surface area contributed by atoms with E-state index in [0.29, 0.717) is 31.5 Å². The second-order valence-electron chi connectivity index (χ2n) is 4.80. The Labute approximate surface area is 125 Å². The van der Waals surface area contributed by atoms with E-state index in [9.17, 15) is 8.42 Å². The van der Waals surface area contributed by atoms with Gasteiger partial charge in [-0.05, 0) is 31.4 Å². The first-order valence-electron chi connectivity index (χ1n) is 6.22. The summed E-state index contributed by atoms with van der Waals surface area (Å²) in [7, 11) is -3.60. The van der Waals surface area contributed by atoms with Gasteiger partial charge in [0.05, 0.1) is 5.56 Å². The number of piperidine rings is 1. The van der Waals surface area contributed by atoms with Gasteiger partial charge in [-0.2, -0.15) is 9.57 Å². The average Bonchev–Trinajstić information content (AvgIpc) is 2.39. The largest absolute Gasteiger partial charge is 0.328 e. The lowest BCUT2D eigenvalue weighted by Crippen LogP contribution is -2.42. The summed E-state index contributed by atoms with van der Waals surface area (Å²) in [5.74, 6) is 0. The van der Waals surface area contributed by atoms with Crippen molar-refractivity contribution in [2.75, 3.05) is 13.1 Å². The van der Waals surface area contributed by atoms with Gasteiger partial charge in [0.2, 0.25) is 10.0 Å². The number of nitrogens with two attached hydrogens (primary N) is 1. The summed E-state index contributed by atoms with van der Waals surface area (Å²) in [6, 6.07) is 6.96. The van der Waals surface area contributed by atoms with Crippen LogP contribution in [-0.2, 0) is 10.0 Å². The maximum atomic E-state index is 12.6. The first kappa shape index (κ1) is 16.9. The Kier molecular flexibility index (Phi) is 5.54. The number of benzene rings is 1. The zero-order valence-corrected chi connectivity index (χ0v) is 12.9. The van der Waals surface area contributed by atoms with Crippen molar-refractivity contribution in [2.24, 2.45) is 5.73 Å². The van der Waals surface area contributed by atoms with Gasteiger partial charge in [0, 0.05) is 19.1 Å². The van der Waals surface area contributed by atoms with Crippen molar-refractivity contribution in [3.63, 3.8) is 0 Å². The highest BCUT2D eigenvalue weighted by molar-refractivity contribution is 7.89.